The van der Waals surface area contributed by atoms with Crippen LogP contribution < -0.4 is 10.5 Å². The lowest BCUT2D eigenvalue weighted by Gasteiger charge is -2.32. The smallest absolute Gasteiger partial charge is 0.279 e. The van der Waals surface area contributed by atoms with Gasteiger partial charge in [0.05, 0.1) is 0 Å². The topological polar surface area (TPSA) is 75.4 Å². The largest absolute Gasteiger partial charge is 0.330 e. The number of nitrogens with two attached hydrogens (primary N) is 1. The molecule has 1 saturated carbocycles. The second-order valence-corrected chi connectivity index (χ2v) is 7.74. The second kappa shape index (κ2) is 6.52. The summed E-state index contributed by atoms with van der Waals surface area (Å²) in [7, 11) is -3.31. The normalized spacial score (nSPS) is 25.8. The summed E-state index contributed by atoms with van der Waals surface area (Å²) < 4.78 is 29.1. The third-order valence-electron chi connectivity index (χ3n) is 4.69. The molecule has 112 valence electrons. The van der Waals surface area contributed by atoms with Gasteiger partial charge in [0.2, 0.25) is 0 Å². The number of piperidine rings is 1. The predicted molar refractivity (Wildman–Crippen MR) is 76.8 cm³/mol. The lowest BCUT2D eigenvalue weighted by Crippen LogP contribution is -2.49. The maximum absolute atomic E-state index is 12.3. The number of hydrogen-bond acceptors (Lipinski definition) is 3. The fraction of sp³-hybridized carbons (Fsp3) is 1.00. The summed E-state index contributed by atoms with van der Waals surface area (Å²) in [4.78, 5) is 0. The summed E-state index contributed by atoms with van der Waals surface area (Å²) in [6.45, 7) is 3.88. The molecule has 2 aliphatic rings. The first-order valence-electron chi connectivity index (χ1n) is 7.50. The summed E-state index contributed by atoms with van der Waals surface area (Å²) in [5.74, 6) is 0.995. The Morgan fingerprint density at radius 3 is 2.32 bits per heavy atom. The molecule has 0 aromatic heterocycles. The molecule has 1 unspecified atom stereocenters. The Kier molecular flexibility index (Phi) is 5.22. The standard InChI is InChI=1S/C13H27N3O2S/c1-11(13-4-2-3-5-13)15-19(17,18)16-8-6-12(10-14)7-9-16/h11-13,15H,2-10,14H2,1H3. The first-order valence-corrected chi connectivity index (χ1v) is 8.94. The third kappa shape index (κ3) is 3.90. The van der Waals surface area contributed by atoms with E-state index < -0.39 is 10.2 Å². The molecule has 6 heteroatoms. The Morgan fingerprint density at radius 1 is 1.21 bits per heavy atom. The van der Waals surface area contributed by atoms with Crippen molar-refractivity contribution in [1.29, 1.82) is 0 Å². The van der Waals surface area contributed by atoms with Crippen molar-refractivity contribution >= 4 is 10.2 Å². The van der Waals surface area contributed by atoms with Gasteiger partial charge in [0.1, 0.15) is 0 Å². The Morgan fingerprint density at radius 2 is 1.79 bits per heavy atom. The molecular formula is C13H27N3O2S. The molecule has 2 rings (SSSR count). The molecule has 5 nitrogen and oxygen atoms in total. The summed E-state index contributed by atoms with van der Waals surface area (Å²) in [6, 6.07) is 0.0553. The summed E-state index contributed by atoms with van der Waals surface area (Å²) in [6.07, 6.45) is 6.54. The summed E-state index contributed by atoms with van der Waals surface area (Å²) >= 11 is 0. The van der Waals surface area contributed by atoms with Crippen LogP contribution in [0.5, 0.6) is 0 Å². The highest BCUT2D eigenvalue weighted by Gasteiger charge is 2.31. The lowest BCUT2D eigenvalue weighted by atomic mass is 9.99. The van der Waals surface area contributed by atoms with Crippen LogP contribution in [-0.2, 0) is 10.2 Å². The Bertz CT molecular complexity index is 371. The van der Waals surface area contributed by atoms with E-state index in [-0.39, 0.29) is 6.04 Å². The molecule has 1 atom stereocenters. The van der Waals surface area contributed by atoms with Gasteiger partial charge in [-0.25, -0.2) is 0 Å². The SMILES string of the molecule is CC(NS(=O)(=O)N1CCC(CN)CC1)C1CCCC1. The van der Waals surface area contributed by atoms with Gasteiger partial charge in [-0.15, -0.1) is 0 Å². The van der Waals surface area contributed by atoms with Crippen molar-refractivity contribution in [2.24, 2.45) is 17.6 Å². The highest BCUT2D eigenvalue weighted by Crippen LogP contribution is 2.28. The van der Waals surface area contributed by atoms with Crippen molar-refractivity contribution in [3.05, 3.63) is 0 Å². The minimum Gasteiger partial charge on any atom is -0.330 e. The minimum atomic E-state index is -3.31. The maximum atomic E-state index is 12.3. The fourth-order valence-electron chi connectivity index (χ4n) is 3.25. The molecule has 0 aromatic rings. The van der Waals surface area contributed by atoms with E-state index in [1.54, 1.807) is 4.31 Å². The van der Waals surface area contributed by atoms with E-state index in [2.05, 4.69) is 4.72 Å². The predicted octanol–water partition coefficient (Wildman–Crippen LogP) is 1.07. The number of nitrogens with one attached hydrogen (secondary N) is 1. The zero-order valence-electron chi connectivity index (χ0n) is 11.8. The van der Waals surface area contributed by atoms with Crippen LogP contribution >= 0.6 is 0 Å². The number of hydrogen-bond donors (Lipinski definition) is 2. The molecule has 1 saturated heterocycles. The monoisotopic (exact) mass is 289 g/mol. The molecule has 1 heterocycles. The molecule has 0 amide bonds. The zero-order valence-corrected chi connectivity index (χ0v) is 12.7. The van der Waals surface area contributed by atoms with Crippen LogP contribution in [0, 0.1) is 11.8 Å². The lowest BCUT2D eigenvalue weighted by molar-refractivity contribution is 0.272. The third-order valence-corrected chi connectivity index (χ3v) is 6.40. The van der Waals surface area contributed by atoms with E-state index in [4.69, 9.17) is 5.73 Å². The number of nitrogens with zero attached hydrogens (tertiary/aromatic N) is 1. The van der Waals surface area contributed by atoms with Crippen LogP contribution in [0.4, 0.5) is 0 Å². The average molecular weight is 289 g/mol. The Labute approximate surface area is 117 Å². The van der Waals surface area contributed by atoms with Crippen LogP contribution in [0.15, 0.2) is 0 Å². The highest BCUT2D eigenvalue weighted by molar-refractivity contribution is 7.87. The second-order valence-electron chi connectivity index (χ2n) is 6.03. The quantitative estimate of drug-likeness (QED) is 0.795. The van der Waals surface area contributed by atoms with Crippen molar-refractivity contribution in [3.63, 3.8) is 0 Å². The van der Waals surface area contributed by atoms with E-state index in [0.29, 0.717) is 31.5 Å². The molecule has 0 radical (unpaired) electrons. The van der Waals surface area contributed by atoms with Gasteiger partial charge >= 0.3 is 0 Å². The van der Waals surface area contributed by atoms with Gasteiger partial charge in [0, 0.05) is 19.1 Å². The van der Waals surface area contributed by atoms with Crippen LogP contribution in [0.25, 0.3) is 0 Å². The molecule has 3 N–H and O–H groups in total. The summed E-state index contributed by atoms with van der Waals surface area (Å²) in [5.41, 5.74) is 5.64. The van der Waals surface area contributed by atoms with Gasteiger partial charge in [-0.05, 0) is 51.0 Å². The van der Waals surface area contributed by atoms with Gasteiger partial charge in [0.25, 0.3) is 10.2 Å². The molecule has 0 bridgehead atoms. The molecule has 2 fully saturated rings. The van der Waals surface area contributed by atoms with Gasteiger partial charge in [-0.3, -0.25) is 0 Å². The van der Waals surface area contributed by atoms with Crippen molar-refractivity contribution < 1.29 is 8.42 Å². The van der Waals surface area contributed by atoms with Crippen LogP contribution in [0.2, 0.25) is 0 Å². The summed E-state index contributed by atoms with van der Waals surface area (Å²) in [5, 5.41) is 0. The minimum absolute atomic E-state index is 0.0553. The first kappa shape index (κ1) is 15.2. The average Bonchev–Trinajstić information content (AvgIpc) is 2.92. The number of rotatable bonds is 5. The van der Waals surface area contributed by atoms with Crippen molar-refractivity contribution in [3.8, 4) is 0 Å². The van der Waals surface area contributed by atoms with Crippen molar-refractivity contribution in [2.75, 3.05) is 19.6 Å². The van der Waals surface area contributed by atoms with E-state index in [1.807, 2.05) is 6.92 Å². The van der Waals surface area contributed by atoms with Gasteiger partial charge in [-0.2, -0.15) is 17.4 Å². The molecule has 0 aromatic carbocycles. The van der Waals surface area contributed by atoms with E-state index in [1.165, 1.54) is 12.8 Å². The van der Waals surface area contributed by atoms with Crippen LogP contribution in [0.1, 0.15) is 45.4 Å². The molecule has 1 aliphatic carbocycles. The Hall–Kier alpha value is -0.170. The molecular weight excluding hydrogens is 262 g/mol. The molecule has 19 heavy (non-hydrogen) atoms. The zero-order chi connectivity index (χ0) is 13.9. The van der Waals surface area contributed by atoms with Gasteiger partial charge in [0.15, 0.2) is 0 Å². The van der Waals surface area contributed by atoms with Crippen molar-refractivity contribution in [2.45, 2.75) is 51.5 Å². The van der Waals surface area contributed by atoms with Gasteiger partial charge < -0.3 is 5.73 Å². The van der Waals surface area contributed by atoms with Gasteiger partial charge in [-0.1, -0.05) is 12.8 Å². The fourth-order valence-corrected chi connectivity index (χ4v) is 4.75. The molecule has 0 spiro atoms. The van der Waals surface area contributed by atoms with E-state index >= 15 is 0 Å². The van der Waals surface area contributed by atoms with Crippen LogP contribution in [0.3, 0.4) is 0 Å². The first-order chi connectivity index (χ1) is 9.03. The van der Waals surface area contributed by atoms with E-state index in [9.17, 15) is 8.42 Å². The Balaban J connectivity index is 1.87. The van der Waals surface area contributed by atoms with Crippen LogP contribution in [-0.4, -0.2) is 38.4 Å². The maximum Gasteiger partial charge on any atom is 0.279 e. The van der Waals surface area contributed by atoms with Crippen molar-refractivity contribution in [1.82, 2.24) is 9.03 Å². The van der Waals surface area contributed by atoms with E-state index in [0.717, 1.165) is 25.7 Å². The highest BCUT2D eigenvalue weighted by atomic mass is 32.2. The molecule has 1 aliphatic heterocycles.